The van der Waals surface area contributed by atoms with Gasteiger partial charge in [0.2, 0.25) is 11.9 Å². The summed E-state index contributed by atoms with van der Waals surface area (Å²) in [5.74, 6) is 3.06. The highest BCUT2D eigenvalue weighted by molar-refractivity contribution is 7.99. The molecule has 7 rings (SSSR count). The zero-order valence-corrected chi connectivity index (χ0v) is 25.4. The average molecular weight is 604 g/mol. The lowest BCUT2D eigenvalue weighted by Crippen LogP contribution is -1.94. The third-order valence-corrected chi connectivity index (χ3v) is 8.11. The van der Waals surface area contributed by atoms with E-state index in [0.29, 0.717) is 0 Å². The minimum atomic E-state index is 0.738. The van der Waals surface area contributed by atoms with Crippen LogP contribution in [0, 0.1) is 0 Å². The monoisotopic (exact) mass is 603 g/mol. The van der Waals surface area contributed by atoms with Crippen molar-refractivity contribution in [1.82, 2.24) is 4.98 Å². The third-order valence-electron chi connectivity index (χ3n) is 7.11. The molecule has 0 saturated heterocycles. The summed E-state index contributed by atoms with van der Waals surface area (Å²) in [4.78, 5) is 6.99. The van der Waals surface area contributed by atoms with Crippen molar-refractivity contribution < 1.29 is 18.6 Å². The Balaban J connectivity index is 1.08. The fourth-order valence-electron chi connectivity index (χ4n) is 4.97. The summed E-state index contributed by atoms with van der Waals surface area (Å²) in [5.41, 5.74) is 4.90. The molecular weight excluding hydrogens is 575 g/mol. The molecule has 6 heteroatoms. The molecule has 0 unspecified atom stereocenters. The van der Waals surface area contributed by atoms with Crippen LogP contribution in [0.2, 0.25) is 0 Å². The van der Waals surface area contributed by atoms with Crippen LogP contribution in [0.3, 0.4) is 0 Å². The second-order valence-electron chi connectivity index (χ2n) is 10.5. The Labute approximate surface area is 266 Å². The van der Waals surface area contributed by atoms with Gasteiger partial charge in [-0.15, -0.1) is 0 Å². The third kappa shape index (κ3) is 6.94. The van der Waals surface area contributed by atoms with E-state index in [0.717, 1.165) is 56.0 Å². The zero-order valence-electron chi connectivity index (χ0n) is 24.6. The molecular formula is C39H29N3O2S+2. The smallest absolute Gasteiger partial charge is 0.457 e. The highest BCUT2D eigenvalue weighted by atomic mass is 32.2. The van der Waals surface area contributed by atoms with Gasteiger partial charge in [-0.2, -0.15) is 0 Å². The molecule has 0 amide bonds. The molecule has 0 radical (unpaired) electrons. The lowest BCUT2D eigenvalue weighted by atomic mass is 10.0. The van der Waals surface area contributed by atoms with Crippen LogP contribution in [0.4, 0.5) is 5.69 Å². The number of nitrogens with zero attached hydrogens (tertiary/aromatic N) is 3. The van der Waals surface area contributed by atoms with Gasteiger partial charge in [0, 0.05) is 27.6 Å². The summed E-state index contributed by atoms with van der Waals surface area (Å²) >= 11 is 1.71. The Morgan fingerprint density at radius 3 is 1.93 bits per heavy atom. The van der Waals surface area contributed by atoms with Crippen LogP contribution in [-0.4, -0.2) is 27.2 Å². The van der Waals surface area contributed by atoms with Crippen molar-refractivity contribution in [3.63, 3.8) is 0 Å². The molecule has 0 N–H and O–H groups in total. The van der Waals surface area contributed by atoms with E-state index in [4.69, 9.17) is 9.47 Å². The number of ether oxygens (including phenoxy) is 2. The van der Waals surface area contributed by atoms with Gasteiger partial charge in [0.15, 0.2) is 7.05 Å². The van der Waals surface area contributed by atoms with Gasteiger partial charge in [-0.3, -0.25) is 4.98 Å². The first kappa shape index (κ1) is 28.1. The number of hydrogen-bond donors (Lipinski definition) is 0. The molecule has 0 saturated carbocycles. The predicted molar refractivity (Wildman–Crippen MR) is 179 cm³/mol. The maximum atomic E-state index is 6.29. The van der Waals surface area contributed by atoms with Crippen molar-refractivity contribution in [1.29, 1.82) is 0 Å². The Kier molecular flexibility index (Phi) is 8.06. The van der Waals surface area contributed by atoms with E-state index in [-0.39, 0.29) is 0 Å². The Bertz CT molecular complexity index is 2100. The van der Waals surface area contributed by atoms with Crippen LogP contribution in [0.1, 0.15) is 0 Å². The van der Waals surface area contributed by atoms with E-state index in [9.17, 15) is 0 Å². The van der Waals surface area contributed by atoms with Gasteiger partial charge in [-0.1, -0.05) is 75.5 Å². The van der Waals surface area contributed by atoms with Crippen LogP contribution >= 0.6 is 11.8 Å². The topological polar surface area (TPSA) is 37.4 Å². The van der Waals surface area contributed by atoms with E-state index < -0.39 is 0 Å². The highest BCUT2D eigenvalue weighted by Crippen LogP contribution is 2.34. The van der Waals surface area contributed by atoms with Crippen molar-refractivity contribution in [2.45, 2.75) is 9.79 Å². The maximum Gasteiger partial charge on any atom is 0.495 e. The number of aromatic nitrogens is 1. The SMILES string of the molecule is C[N+]1=C=[N+](c2cccc(Oc3cccc(-c4cc(-c5cccc(Oc6cccc(Sc7ccccc7)c6)c5)ccn4)c3)c2)C=C1. The van der Waals surface area contributed by atoms with Gasteiger partial charge in [0.25, 0.3) is 6.20 Å². The molecule has 1 aromatic heterocycles. The summed E-state index contributed by atoms with van der Waals surface area (Å²) < 4.78 is 16.4. The van der Waals surface area contributed by atoms with Gasteiger partial charge in [-0.25, -0.2) is 0 Å². The molecule has 0 bridgehead atoms. The molecule has 0 atom stereocenters. The van der Waals surface area contributed by atoms with Gasteiger partial charge in [-0.05, 0) is 83.9 Å². The first-order valence-electron chi connectivity index (χ1n) is 14.6. The first-order chi connectivity index (χ1) is 22.1. The molecule has 216 valence electrons. The number of pyridine rings is 1. The standard InChI is InChI=1S/C39H29N3O2S/c1-41-21-22-42(28-41)32-11-7-14-35(26-32)43-34-13-6-10-31(24-34)39-25-30(19-20-40-39)29-9-5-12-33(23-29)44-36-15-8-18-38(27-36)45-37-16-3-2-4-17-37/h2-27H,1H3/q+2. The van der Waals surface area contributed by atoms with Crippen LogP contribution in [0.25, 0.3) is 22.4 Å². The lowest BCUT2D eigenvalue weighted by molar-refractivity contribution is -0.429. The molecule has 6 aromatic rings. The van der Waals surface area contributed by atoms with Gasteiger partial charge in [0.1, 0.15) is 23.0 Å². The fraction of sp³-hybridized carbons (Fsp3) is 0.0256. The molecule has 1 aliphatic heterocycles. The second-order valence-corrected chi connectivity index (χ2v) is 11.6. The van der Waals surface area contributed by atoms with E-state index >= 15 is 0 Å². The van der Waals surface area contributed by atoms with Gasteiger partial charge in [0.05, 0.1) is 11.8 Å². The minimum absolute atomic E-state index is 0.738. The van der Waals surface area contributed by atoms with E-state index in [1.807, 2.05) is 132 Å². The maximum absolute atomic E-state index is 6.29. The molecule has 5 aromatic carbocycles. The summed E-state index contributed by atoms with van der Waals surface area (Å²) in [5, 5.41) is 0. The fourth-order valence-corrected chi connectivity index (χ4v) is 5.85. The number of rotatable bonds is 9. The summed E-state index contributed by atoms with van der Waals surface area (Å²) in [6.45, 7) is 0. The molecule has 0 spiro atoms. The summed E-state index contributed by atoms with van der Waals surface area (Å²) in [6, 6.07) is 49.9. The normalized spacial score (nSPS) is 12.0. The Morgan fingerprint density at radius 2 is 1.18 bits per heavy atom. The van der Waals surface area contributed by atoms with E-state index in [2.05, 4.69) is 53.5 Å². The van der Waals surface area contributed by atoms with E-state index in [1.165, 1.54) is 4.90 Å². The quantitative estimate of drug-likeness (QED) is 0.154. The van der Waals surface area contributed by atoms with Crippen molar-refractivity contribution in [3.8, 4) is 45.4 Å². The minimum Gasteiger partial charge on any atom is -0.457 e. The first-order valence-corrected chi connectivity index (χ1v) is 15.4. The molecule has 0 aliphatic carbocycles. The summed E-state index contributed by atoms with van der Waals surface area (Å²) in [7, 11) is 1.95. The Morgan fingerprint density at radius 1 is 0.556 bits per heavy atom. The molecule has 1 aliphatic rings. The van der Waals surface area contributed by atoms with E-state index in [1.54, 1.807) is 11.8 Å². The molecule has 2 heterocycles. The highest BCUT2D eigenvalue weighted by Gasteiger charge is 2.17. The van der Waals surface area contributed by atoms with Crippen LogP contribution < -0.4 is 9.47 Å². The summed E-state index contributed by atoms with van der Waals surface area (Å²) in [6.07, 6.45) is 5.75. The average Bonchev–Trinajstić information content (AvgIpc) is 3.52. The van der Waals surface area contributed by atoms with Crippen LogP contribution in [0.5, 0.6) is 23.0 Å². The lowest BCUT2D eigenvalue weighted by Gasteiger charge is -2.11. The Hall–Kier alpha value is -5.68. The van der Waals surface area contributed by atoms with Crippen LogP contribution in [-0.2, 0) is 0 Å². The zero-order chi connectivity index (χ0) is 30.4. The second kappa shape index (κ2) is 12.9. The van der Waals surface area contributed by atoms with Crippen LogP contribution in [0.15, 0.2) is 168 Å². The largest absolute Gasteiger partial charge is 0.495 e. The molecule has 5 nitrogen and oxygen atoms in total. The predicted octanol–water partition coefficient (Wildman–Crippen LogP) is 10.1. The van der Waals surface area contributed by atoms with Crippen molar-refractivity contribution in [2.75, 3.05) is 7.05 Å². The van der Waals surface area contributed by atoms with Crippen molar-refractivity contribution in [3.05, 3.63) is 158 Å². The van der Waals surface area contributed by atoms with Crippen molar-refractivity contribution in [2.24, 2.45) is 0 Å². The number of benzene rings is 5. The van der Waals surface area contributed by atoms with Gasteiger partial charge < -0.3 is 9.47 Å². The molecule has 45 heavy (non-hydrogen) atoms. The molecule has 0 fully saturated rings. The van der Waals surface area contributed by atoms with Crippen molar-refractivity contribution >= 4 is 23.5 Å². The number of hydrogen-bond acceptors (Lipinski definition) is 4. The van der Waals surface area contributed by atoms with Gasteiger partial charge >= 0.3 is 6.01 Å².